The molecule has 0 aliphatic heterocycles. The Morgan fingerprint density at radius 3 is 2.50 bits per heavy atom. The lowest BCUT2D eigenvalue weighted by Crippen LogP contribution is -2.58. The van der Waals surface area contributed by atoms with Crippen LogP contribution >= 0.6 is 0 Å². The number of allylic oxidation sites excluding steroid dienone is 4. The molecule has 0 N–H and O–H groups in total. The molecule has 4 aliphatic carbocycles. The van der Waals surface area contributed by atoms with Crippen molar-refractivity contribution >= 4 is 17.5 Å². The van der Waals surface area contributed by atoms with Crippen molar-refractivity contribution in [3.05, 3.63) is 23.3 Å². The molecular formula is C25H35NO4. The molecule has 4 aliphatic rings. The van der Waals surface area contributed by atoms with Gasteiger partial charge in [-0.25, -0.2) is 0 Å². The molecule has 0 aromatic rings. The highest BCUT2D eigenvalue weighted by Gasteiger charge is 2.67. The average Bonchev–Trinajstić information content (AvgIpc) is 2.97. The van der Waals surface area contributed by atoms with Gasteiger partial charge in [0.15, 0.2) is 11.4 Å². The topological polar surface area (TPSA) is 65.0 Å². The van der Waals surface area contributed by atoms with Crippen LogP contribution in [0.5, 0.6) is 0 Å². The van der Waals surface area contributed by atoms with Crippen molar-refractivity contribution < 1.29 is 19.2 Å². The molecular weight excluding hydrogens is 378 g/mol. The lowest BCUT2D eigenvalue weighted by Gasteiger charge is -2.58. The fourth-order valence-corrected chi connectivity index (χ4v) is 7.71. The van der Waals surface area contributed by atoms with Gasteiger partial charge in [0.1, 0.15) is 7.11 Å². The number of carbonyl (C=O) groups excluding carboxylic acids is 2. The van der Waals surface area contributed by atoms with Crippen LogP contribution in [-0.4, -0.2) is 30.2 Å². The summed E-state index contributed by atoms with van der Waals surface area (Å²) >= 11 is 0. The van der Waals surface area contributed by atoms with Gasteiger partial charge < -0.3 is 9.57 Å². The van der Waals surface area contributed by atoms with Crippen LogP contribution in [0.3, 0.4) is 0 Å². The maximum atomic E-state index is 12.2. The number of ether oxygens (including phenoxy) is 1. The second-order valence-electron chi connectivity index (χ2n) is 10.4. The van der Waals surface area contributed by atoms with E-state index in [4.69, 9.17) is 9.57 Å². The quantitative estimate of drug-likeness (QED) is 0.371. The minimum Gasteiger partial charge on any atom is -0.452 e. The molecule has 0 amide bonds. The molecule has 4 rings (SSSR count). The van der Waals surface area contributed by atoms with Gasteiger partial charge in [-0.1, -0.05) is 30.7 Å². The Bertz CT molecular complexity index is 870. The number of oxime groups is 1. The van der Waals surface area contributed by atoms with Gasteiger partial charge in [-0.15, -0.1) is 0 Å². The summed E-state index contributed by atoms with van der Waals surface area (Å²) in [5.41, 5.74) is 2.42. The van der Waals surface area contributed by atoms with E-state index in [-0.39, 0.29) is 22.6 Å². The zero-order chi connectivity index (χ0) is 21.9. The predicted octanol–water partition coefficient (Wildman–Crippen LogP) is 5.01. The molecule has 0 aromatic heterocycles. The first-order chi connectivity index (χ1) is 14.1. The zero-order valence-corrected chi connectivity index (χ0v) is 19.2. The summed E-state index contributed by atoms with van der Waals surface area (Å²) in [5.74, 6) is 1.35. The van der Waals surface area contributed by atoms with Gasteiger partial charge in [-0.05, 0) is 80.8 Å². The summed E-state index contributed by atoms with van der Waals surface area (Å²) in [6.07, 6.45) is 9.74. The van der Waals surface area contributed by atoms with E-state index in [1.165, 1.54) is 18.1 Å². The van der Waals surface area contributed by atoms with Crippen molar-refractivity contribution in [2.75, 3.05) is 7.11 Å². The molecule has 0 spiro atoms. The third kappa shape index (κ3) is 2.76. The molecule has 30 heavy (non-hydrogen) atoms. The third-order valence-electron chi connectivity index (χ3n) is 9.08. The molecule has 0 saturated heterocycles. The van der Waals surface area contributed by atoms with E-state index < -0.39 is 5.60 Å². The highest BCUT2D eigenvalue weighted by Crippen LogP contribution is 2.68. The SMILES string of the molecule is CO/N=C(\C)C1(OC(C)=O)CCC2C3C=C(C)C4=CC(=O)CCC4(C)C3CCC21C. The molecule has 0 aromatic carbocycles. The van der Waals surface area contributed by atoms with Gasteiger partial charge in [-0.2, -0.15) is 0 Å². The number of carbonyl (C=O) groups is 2. The summed E-state index contributed by atoms with van der Waals surface area (Å²) in [4.78, 5) is 29.4. The van der Waals surface area contributed by atoms with Crippen LogP contribution < -0.4 is 0 Å². The van der Waals surface area contributed by atoms with Crippen molar-refractivity contribution in [1.82, 2.24) is 0 Å². The van der Waals surface area contributed by atoms with Crippen LogP contribution in [0.2, 0.25) is 0 Å². The van der Waals surface area contributed by atoms with Gasteiger partial charge in [-0.3, -0.25) is 9.59 Å². The summed E-state index contributed by atoms with van der Waals surface area (Å²) in [5, 5.41) is 4.25. The number of nitrogens with zero attached hydrogens (tertiary/aromatic N) is 1. The van der Waals surface area contributed by atoms with Crippen molar-refractivity contribution in [2.45, 2.75) is 78.7 Å². The van der Waals surface area contributed by atoms with E-state index in [0.717, 1.165) is 37.8 Å². The summed E-state index contributed by atoms with van der Waals surface area (Å²) in [6, 6.07) is 0. The number of rotatable bonds is 3. The first-order valence-electron chi connectivity index (χ1n) is 11.3. The highest BCUT2D eigenvalue weighted by molar-refractivity contribution is 5.94. The Morgan fingerprint density at radius 1 is 1.13 bits per heavy atom. The van der Waals surface area contributed by atoms with Crippen molar-refractivity contribution in [2.24, 2.45) is 33.7 Å². The molecule has 164 valence electrons. The number of esters is 1. The van der Waals surface area contributed by atoms with Crippen LogP contribution in [0.4, 0.5) is 0 Å². The van der Waals surface area contributed by atoms with E-state index in [0.29, 0.717) is 24.2 Å². The number of hydrogen-bond acceptors (Lipinski definition) is 5. The smallest absolute Gasteiger partial charge is 0.303 e. The number of fused-ring (bicyclic) bond motifs is 5. The monoisotopic (exact) mass is 413 g/mol. The van der Waals surface area contributed by atoms with Gasteiger partial charge in [0.2, 0.25) is 0 Å². The van der Waals surface area contributed by atoms with E-state index in [1.807, 2.05) is 13.0 Å². The van der Waals surface area contributed by atoms with E-state index >= 15 is 0 Å². The molecule has 6 atom stereocenters. The summed E-state index contributed by atoms with van der Waals surface area (Å²) in [6.45, 7) is 10.2. The third-order valence-corrected chi connectivity index (χ3v) is 9.08. The molecule has 0 heterocycles. The first-order valence-corrected chi connectivity index (χ1v) is 11.3. The molecule has 5 heteroatoms. The van der Waals surface area contributed by atoms with Gasteiger partial charge >= 0.3 is 5.97 Å². The lowest BCUT2D eigenvalue weighted by atomic mass is 9.47. The first kappa shape index (κ1) is 21.3. The molecule has 2 fully saturated rings. The maximum absolute atomic E-state index is 12.2. The number of ketones is 1. The lowest BCUT2D eigenvalue weighted by molar-refractivity contribution is -0.165. The zero-order valence-electron chi connectivity index (χ0n) is 19.2. The molecule has 5 nitrogen and oxygen atoms in total. The Hall–Kier alpha value is -1.91. The van der Waals surface area contributed by atoms with Crippen LogP contribution in [-0.2, 0) is 19.2 Å². The van der Waals surface area contributed by atoms with Crippen LogP contribution in [0.15, 0.2) is 28.5 Å². The second kappa shape index (κ2) is 7.06. The summed E-state index contributed by atoms with van der Waals surface area (Å²) in [7, 11) is 1.54. The van der Waals surface area contributed by atoms with E-state index in [1.54, 1.807) is 7.11 Å². The van der Waals surface area contributed by atoms with Crippen molar-refractivity contribution in [3.63, 3.8) is 0 Å². The largest absolute Gasteiger partial charge is 0.452 e. The minimum absolute atomic E-state index is 0.0566. The van der Waals surface area contributed by atoms with Gasteiger partial charge in [0, 0.05) is 18.8 Å². The van der Waals surface area contributed by atoms with Crippen molar-refractivity contribution in [1.29, 1.82) is 0 Å². The fourth-order valence-electron chi connectivity index (χ4n) is 7.71. The minimum atomic E-state index is -0.716. The normalized spacial score (nSPS) is 43.1. The fraction of sp³-hybridized carbons (Fsp3) is 0.720. The summed E-state index contributed by atoms with van der Waals surface area (Å²) < 4.78 is 6.11. The van der Waals surface area contributed by atoms with Gasteiger partial charge in [0.25, 0.3) is 0 Å². The molecule has 6 unspecified atom stereocenters. The Balaban J connectivity index is 1.80. The van der Waals surface area contributed by atoms with Crippen LogP contribution in [0.1, 0.15) is 73.1 Å². The average molecular weight is 414 g/mol. The van der Waals surface area contributed by atoms with E-state index in [2.05, 4.69) is 32.0 Å². The Morgan fingerprint density at radius 2 is 1.83 bits per heavy atom. The molecule has 2 saturated carbocycles. The van der Waals surface area contributed by atoms with E-state index in [9.17, 15) is 9.59 Å². The standard InChI is InChI=1S/C25H35NO4/c1-15-13-19-20(23(4)10-7-18(28)14-22(15)23)8-11-24(5)21(19)9-12-25(24,30-17(3)27)16(2)26-29-6/h13-14,19-21H,7-12H2,1-6H3/b26-16+. The van der Waals surface area contributed by atoms with Gasteiger partial charge in [0.05, 0.1) is 5.71 Å². The highest BCUT2D eigenvalue weighted by atomic mass is 16.6. The predicted molar refractivity (Wildman–Crippen MR) is 116 cm³/mol. The Labute approximate surface area is 179 Å². The molecule has 0 radical (unpaired) electrons. The van der Waals surface area contributed by atoms with Crippen LogP contribution in [0.25, 0.3) is 0 Å². The van der Waals surface area contributed by atoms with Crippen molar-refractivity contribution in [3.8, 4) is 0 Å². The maximum Gasteiger partial charge on any atom is 0.303 e. The number of hydrogen-bond donors (Lipinski definition) is 0. The molecule has 0 bridgehead atoms. The second-order valence-corrected chi connectivity index (χ2v) is 10.4. The Kier molecular flexibility index (Phi) is 5.02. The van der Waals surface area contributed by atoms with Crippen LogP contribution in [0, 0.1) is 28.6 Å².